The lowest BCUT2D eigenvalue weighted by Gasteiger charge is -2.08. The van der Waals surface area contributed by atoms with Gasteiger partial charge in [0.15, 0.2) is 0 Å². The Morgan fingerprint density at radius 1 is 1.05 bits per heavy atom. The maximum Gasteiger partial charge on any atom is 0.229 e. The van der Waals surface area contributed by atoms with Crippen LogP contribution in [0.1, 0.15) is 5.56 Å². The summed E-state index contributed by atoms with van der Waals surface area (Å²) in [5, 5.41) is 2.64. The molecule has 0 bridgehead atoms. The Balaban J connectivity index is 2.12. The number of hydrogen-bond donors (Lipinski definition) is 1. The van der Waals surface area contributed by atoms with Gasteiger partial charge in [0, 0.05) is 5.02 Å². The minimum Gasteiger partial charge on any atom is -0.321 e. The maximum absolute atomic E-state index is 13.3. The second-order valence-corrected chi connectivity index (χ2v) is 4.32. The fourth-order valence-electron chi connectivity index (χ4n) is 1.62. The predicted octanol–water partition coefficient (Wildman–Crippen LogP) is 3.80. The molecule has 0 spiro atoms. The molecule has 2 rings (SSSR count). The van der Waals surface area contributed by atoms with Crippen LogP contribution in [0, 0.1) is 11.6 Å². The molecule has 0 aliphatic heterocycles. The first-order chi connectivity index (χ1) is 9.08. The van der Waals surface area contributed by atoms with Gasteiger partial charge >= 0.3 is 0 Å². The molecule has 0 fully saturated rings. The number of carbonyl (C=O) groups excluding carboxylic acids is 1. The molecule has 0 saturated heterocycles. The molecule has 1 N–H and O–H groups in total. The molecule has 0 saturated carbocycles. The number of anilines is 1. The first-order valence-electron chi connectivity index (χ1n) is 5.55. The third kappa shape index (κ3) is 3.29. The largest absolute Gasteiger partial charge is 0.321 e. The van der Waals surface area contributed by atoms with Crippen molar-refractivity contribution in [1.82, 2.24) is 0 Å². The first kappa shape index (κ1) is 13.5. The van der Waals surface area contributed by atoms with Gasteiger partial charge in [0.25, 0.3) is 0 Å². The summed E-state index contributed by atoms with van der Waals surface area (Å²) in [6.07, 6.45) is -0.0482. The molecule has 0 unspecified atom stereocenters. The van der Waals surface area contributed by atoms with Crippen LogP contribution in [0.5, 0.6) is 0 Å². The molecule has 0 aliphatic rings. The zero-order valence-electron chi connectivity index (χ0n) is 9.79. The average molecular weight is 282 g/mol. The van der Waals surface area contributed by atoms with Crippen molar-refractivity contribution in [2.45, 2.75) is 6.42 Å². The van der Waals surface area contributed by atoms with Crippen LogP contribution in [0.2, 0.25) is 5.02 Å². The highest BCUT2D eigenvalue weighted by molar-refractivity contribution is 6.31. The predicted molar refractivity (Wildman–Crippen MR) is 70.1 cm³/mol. The Labute approximate surface area is 114 Å². The van der Waals surface area contributed by atoms with E-state index in [-0.39, 0.29) is 6.42 Å². The molecule has 2 aromatic rings. The molecule has 5 heteroatoms. The fraction of sp³-hybridized carbons (Fsp3) is 0.0714. The summed E-state index contributed by atoms with van der Waals surface area (Å²) in [5.41, 5.74) is 0.151. The van der Waals surface area contributed by atoms with Crippen LogP contribution in [0.3, 0.4) is 0 Å². The van der Waals surface area contributed by atoms with Crippen molar-refractivity contribution < 1.29 is 13.6 Å². The van der Waals surface area contributed by atoms with Crippen molar-refractivity contribution in [2.75, 3.05) is 5.32 Å². The zero-order chi connectivity index (χ0) is 13.8. The lowest BCUT2D eigenvalue weighted by Crippen LogP contribution is -2.16. The minimum atomic E-state index is -0.812. The summed E-state index contributed by atoms with van der Waals surface area (Å²) < 4.78 is 26.7. The van der Waals surface area contributed by atoms with Gasteiger partial charge in [0.05, 0.1) is 6.42 Å². The number of rotatable bonds is 3. The first-order valence-corrected chi connectivity index (χ1v) is 5.93. The topological polar surface area (TPSA) is 29.1 Å². The van der Waals surface area contributed by atoms with Crippen LogP contribution >= 0.6 is 11.6 Å². The Morgan fingerprint density at radius 2 is 1.68 bits per heavy atom. The highest BCUT2D eigenvalue weighted by atomic mass is 35.5. The summed E-state index contributed by atoms with van der Waals surface area (Å²) in [4.78, 5) is 11.7. The molecule has 0 heterocycles. The van der Waals surface area contributed by atoms with E-state index >= 15 is 0 Å². The molecule has 0 atom stereocenters. The summed E-state index contributed by atoms with van der Waals surface area (Å²) >= 11 is 5.91. The molecule has 19 heavy (non-hydrogen) atoms. The third-order valence-electron chi connectivity index (χ3n) is 2.54. The van der Waals surface area contributed by atoms with E-state index in [1.165, 1.54) is 6.07 Å². The number of amides is 1. The van der Waals surface area contributed by atoms with E-state index in [1.807, 2.05) is 0 Å². The van der Waals surface area contributed by atoms with Crippen molar-refractivity contribution in [3.05, 3.63) is 64.7 Å². The molecule has 0 radical (unpaired) electrons. The van der Waals surface area contributed by atoms with E-state index < -0.39 is 23.2 Å². The number of benzene rings is 2. The van der Waals surface area contributed by atoms with Gasteiger partial charge in [-0.05, 0) is 23.8 Å². The van der Waals surface area contributed by atoms with Crippen LogP contribution in [-0.2, 0) is 11.2 Å². The fourth-order valence-corrected chi connectivity index (χ4v) is 1.82. The van der Waals surface area contributed by atoms with Crippen LogP contribution in [0.4, 0.5) is 14.5 Å². The molecule has 98 valence electrons. The molecular formula is C14H10ClF2NO. The van der Waals surface area contributed by atoms with Gasteiger partial charge in [0.1, 0.15) is 17.3 Å². The van der Waals surface area contributed by atoms with Crippen molar-refractivity contribution in [2.24, 2.45) is 0 Å². The van der Waals surface area contributed by atoms with E-state index in [4.69, 9.17) is 11.6 Å². The quantitative estimate of drug-likeness (QED) is 0.911. The normalized spacial score (nSPS) is 10.3. The number of para-hydroxylation sites is 1. The molecule has 0 aromatic heterocycles. The van der Waals surface area contributed by atoms with E-state index in [9.17, 15) is 13.6 Å². The van der Waals surface area contributed by atoms with Crippen LogP contribution in [-0.4, -0.2) is 5.91 Å². The molecule has 2 aromatic carbocycles. The average Bonchev–Trinajstić information content (AvgIpc) is 2.37. The van der Waals surface area contributed by atoms with E-state index in [1.54, 1.807) is 24.3 Å². The van der Waals surface area contributed by atoms with Crippen molar-refractivity contribution >= 4 is 23.2 Å². The molecular weight excluding hydrogens is 272 g/mol. The van der Waals surface area contributed by atoms with Gasteiger partial charge in [-0.2, -0.15) is 0 Å². The number of nitrogens with one attached hydrogen (secondary N) is 1. The van der Waals surface area contributed by atoms with Gasteiger partial charge in [-0.15, -0.1) is 0 Å². The molecule has 2 nitrogen and oxygen atoms in total. The Morgan fingerprint density at radius 3 is 2.32 bits per heavy atom. The van der Waals surface area contributed by atoms with Gasteiger partial charge < -0.3 is 5.32 Å². The Hall–Kier alpha value is -1.94. The van der Waals surface area contributed by atoms with Crippen molar-refractivity contribution in [3.8, 4) is 0 Å². The lowest BCUT2D eigenvalue weighted by molar-refractivity contribution is -0.115. The third-order valence-corrected chi connectivity index (χ3v) is 2.90. The number of halogens is 3. The van der Waals surface area contributed by atoms with E-state index in [2.05, 4.69) is 5.32 Å². The summed E-state index contributed by atoms with van der Waals surface area (Å²) in [6.45, 7) is 0. The summed E-state index contributed by atoms with van der Waals surface area (Å²) in [7, 11) is 0. The van der Waals surface area contributed by atoms with Gasteiger partial charge in [0.2, 0.25) is 5.91 Å². The lowest BCUT2D eigenvalue weighted by atomic mass is 10.1. The van der Waals surface area contributed by atoms with Gasteiger partial charge in [-0.25, -0.2) is 8.78 Å². The monoisotopic (exact) mass is 281 g/mol. The highest BCUT2D eigenvalue weighted by Crippen LogP contribution is 2.20. The second-order valence-electron chi connectivity index (χ2n) is 3.91. The summed E-state index contributed by atoms with van der Waals surface area (Å²) in [5.74, 6) is -2.16. The van der Waals surface area contributed by atoms with Crippen LogP contribution in [0.15, 0.2) is 42.5 Å². The SMILES string of the molecule is O=C(Cc1ccccc1Cl)Nc1c(F)cccc1F. The smallest absolute Gasteiger partial charge is 0.229 e. The van der Waals surface area contributed by atoms with Gasteiger partial charge in [-0.3, -0.25) is 4.79 Å². The Kier molecular flexibility index (Phi) is 4.12. The standard InChI is InChI=1S/C14H10ClF2NO/c15-10-5-2-1-4-9(10)8-13(19)18-14-11(16)6-3-7-12(14)17/h1-7H,8H2,(H,18,19). The van der Waals surface area contributed by atoms with Crippen molar-refractivity contribution in [1.29, 1.82) is 0 Å². The van der Waals surface area contributed by atoms with Gasteiger partial charge in [-0.1, -0.05) is 35.9 Å². The second kappa shape index (κ2) is 5.80. The molecule has 1 amide bonds. The van der Waals surface area contributed by atoms with Crippen LogP contribution in [0.25, 0.3) is 0 Å². The molecule has 0 aliphatic carbocycles. The number of carbonyl (C=O) groups is 1. The summed E-state index contributed by atoms with van der Waals surface area (Å²) in [6, 6.07) is 10.2. The van der Waals surface area contributed by atoms with Crippen molar-refractivity contribution in [3.63, 3.8) is 0 Å². The number of hydrogen-bond acceptors (Lipinski definition) is 1. The maximum atomic E-state index is 13.3. The van der Waals surface area contributed by atoms with E-state index in [0.29, 0.717) is 10.6 Å². The highest BCUT2D eigenvalue weighted by Gasteiger charge is 2.13. The zero-order valence-corrected chi connectivity index (χ0v) is 10.5. The van der Waals surface area contributed by atoms with Crippen LogP contribution < -0.4 is 5.32 Å². The minimum absolute atomic E-state index is 0.0482. The Bertz CT molecular complexity index is 596. The van der Waals surface area contributed by atoms with E-state index in [0.717, 1.165) is 12.1 Å².